The molecule has 0 saturated carbocycles. The number of fused-ring (bicyclic) bond motifs is 10. The average Bonchev–Trinajstić information content (AvgIpc) is 3.67. The summed E-state index contributed by atoms with van der Waals surface area (Å²) in [4.78, 5) is 0. The molecule has 0 bridgehead atoms. The van der Waals surface area contributed by atoms with Gasteiger partial charge in [-0.05, 0) is 138 Å². The van der Waals surface area contributed by atoms with Crippen molar-refractivity contribution in [3.8, 4) is 22.3 Å². The van der Waals surface area contributed by atoms with Gasteiger partial charge in [-0.2, -0.15) is 0 Å². The van der Waals surface area contributed by atoms with Gasteiger partial charge in [0.25, 0.3) is 0 Å². The Labute approximate surface area is 275 Å². The molecule has 0 radical (unpaired) electrons. The molecular formula is C46H26O2. The van der Waals surface area contributed by atoms with Gasteiger partial charge < -0.3 is 8.83 Å². The van der Waals surface area contributed by atoms with Crippen LogP contribution in [0, 0.1) is 0 Å². The van der Waals surface area contributed by atoms with E-state index in [4.69, 9.17) is 8.83 Å². The minimum atomic E-state index is 0.917. The summed E-state index contributed by atoms with van der Waals surface area (Å²) < 4.78 is 12.5. The minimum absolute atomic E-state index is 0.917. The largest absolute Gasteiger partial charge is 0.456 e. The molecule has 11 aromatic rings. The molecule has 48 heavy (non-hydrogen) atoms. The monoisotopic (exact) mass is 610 g/mol. The van der Waals surface area contributed by atoms with Gasteiger partial charge >= 0.3 is 0 Å². The van der Waals surface area contributed by atoms with E-state index in [-0.39, 0.29) is 0 Å². The van der Waals surface area contributed by atoms with E-state index < -0.39 is 0 Å². The van der Waals surface area contributed by atoms with Gasteiger partial charge in [-0.3, -0.25) is 0 Å². The molecule has 0 fully saturated rings. The van der Waals surface area contributed by atoms with E-state index in [2.05, 4.69) is 158 Å². The van der Waals surface area contributed by atoms with Gasteiger partial charge in [0.05, 0.1) is 0 Å². The molecule has 2 aromatic heterocycles. The second-order valence-electron chi connectivity index (χ2n) is 13.0. The van der Waals surface area contributed by atoms with Crippen molar-refractivity contribution in [2.75, 3.05) is 0 Å². The zero-order valence-corrected chi connectivity index (χ0v) is 25.8. The van der Waals surface area contributed by atoms with Crippen molar-refractivity contribution in [3.05, 3.63) is 158 Å². The summed E-state index contributed by atoms with van der Waals surface area (Å²) in [5, 5.41) is 14.4. The van der Waals surface area contributed by atoms with Crippen LogP contribution in [-0.4, -0.2) is 0 Å². The number of benzene rings is 9. The fourth-order valence-corrected chi connectivity index (χ4v) is 7.64. The van der Waals surface area contributed by atoms with Crippen molar-refractivity contribution in [1.29, 1.82) is 0 Å². The first-order valence-electron chi connectivity index (χ1n) is 16.4. The molecule has 2 nitrogen and oxygen atoms in total. The van der Waals surface area contributed by atoms with Gasteiger partial charge in [-0.25, -0.2) is 0 Å². The van der Waals surface area contributed by atoms with E-state index in [9.17, 15) is 0 Å². The second-order valence-corrected chi connectivity index (χ2v) is 13.0. The molecule has 0 unspecified atom stereocenters. The molecule has 0 atom stereocenters. The van der Waals surface area contributed by atoms with Crippen LogP contribution in [0.4, 0.5) is 0 Å². The SMILES string of the molecule is c1ccc2cc3c(cc2c1)oc1ccc(-c2ccc4cc5cc(-c6ccc7oc8cc9ccccc9cc8c7c6)ccc5cc4c2)cc13. The van der Waals surface area contributed by atoms with Gasteiger partial charge in [-0.15, -0.1) is 0 Å². The van der Waals surface area contributed by atoms with Crippen LogP contribution >= 0.6 is 0 Å². The Balaban J connectivity index is 0.985. The molecular weight excluding hydrogens is 585 g/mol. The maximum Gasteiger partial charge on any atom is 0.136 e. The van der Waals surface area contributed by atoms with Gasteiger partial charge in [0, 0.05) is 21.5 Å². The molecule has 0 aliphatic carbocycles. The average molecular weight is 611 g/mol. The topological polar surface area (TPSA) is 26.3 Å². The first-order chi connectivity index (χ1) is 23.7. The summed E-state index contributed by atoms with van der Waals surface area (Å²) in [6, 6.07) is 57.0. The van der Waals surface area contributed by atoms with Crippen LogP contribution in [0.2, 0.25) is 0 Å². The van der Waals surface area contributed by atoms with E-state index in [1.165, 1.54) is 65.3 Å². The Morgan fingerprint density at radius 3 is 1.04 bits per heavy atom. The maximum atomic E-state index is 6.26. The summed E-state index contributed by atoms with van der Waals surface area (Å²) in [6.45, 7) is 0. The number of rotatable bonds is 2. The zero-order chi connectivity index (χ0) is 31.3. The quantitative estimate of drug-likeness (QED) is 0.182. The predicted molar refractivity (Wildman–Crippen MR) is 202 cm³/mol. The lowest BCUT2D eigenvalue weighted by Gasteiger charge is -2.09. The summed E-state index contributed by atoms with van der Waals surface area (Å²) in [7, 11) is 0. The molecule has 222 valence electrons. The van der Waals surface area contributed by atoms with E-state index in [1.807, 2.05) is 0 Å². The molecule has 9 aromatic carbocycles. The number of hydrogen-bond acceptors (Lipinski definition) is 2. The second kappa shape index (κ2) is 9.57. The summed E-state index contributed by atoms with van der Waals surface area (Å²) in [5.41, 5.74) is 8.46. The summed E-state index contributed by atoms with van der Waals surface area (Å²) >= 11 is 0. The highest BCUT2D eigenvalue weighted by Gasteiger charge is 2.13. The molecule has 2 heterocycles. The third kappa shape index (κ3) is 3.87. The highest BCUT2D eigenvalue weighted by atomic mass is 16.3. The Hall–Kier alpha value is -6.38. The van der Waals surface area contributed by atoms with Crippen molar-refractivity contribution < 1.29 is 8.83 Å². The highest BCUT2D eigenvalue weighted by Crippen LogP contribution is 2.38. The van der Waals surface area contributed by atoms with E-state index >= 15 is 0 Å². The molecule has 0 saturated heterocycles. The Kier molecular flexibility index (Phi) is 5.14. The highest BCUT2D eigenvalue weighted by molar-refractivity contribution is 6.12. The number of furan rings is 2. The minimum Gasteiger partial charge on any atom is -0.456 e. The van der Waals surface area contributed by atoms with Crippen LogP contribution in [0.1, 0.15) is 0 Å². The fraction of sp³-hybridized carbons (Fsp3) is 0. The lowest BCUT2D eigenvalue weighted by molar-refractivity contribution is 0.669. The van der Waals surface area contributed by atoms with Crippen molar-refractivity contribution in [2.24, 2.45) is 0 Å². The van der Waals surface area contributed by atoms with Crippen molar-refractivity contribution in [2.45, 2.75) is 0 Å². The molecule has 2 heteroatoms. The normalized spacial score (nSPS) is 12.2. The third-order valence-corrected chi connectivity index (χ3v) is 10.1. The molecule has 0 amide bonds. The van der Waals surface area contributed by atoms with Gasteiger partial charge in [0.15, 0.2) is 0 Å². The van der Waals surface area contributed by atoms with E-state index in [0.29, 0.717) is 0 Å². The first kappa shape index (κ1) is 25.8. The van der Waals surface area contributed by atoms with Crippen LogP contribution in [0.25, 0.3) is 109 Å². The lowest BCUT2D eigenvalue weighted by atomic mass is 9.95. The smallest absolute Gasteiger partial charge is 0.136 e. The number of hydrogen-bond donors (Lipinski definition) is 0. The van der Waals surface area contributed by atoms with Crippen molar-refractivity contribution in [1.82, 2.24) is 0 Å². The van der Waals surface area contributed by atoms with Crippen molar-refractivity contribution >= 4 is 87.0 Å². The molecule has 11 rings (SSSR count). The molecule has 0 N–H and O–H groups in total. The third-order valence-electron chi connectivity index (χ3n) is 10.1. The maximum absolute atomic E-state index is 6.26. The Morgan fingerprint density at radius 2 is 0.583 bits per heavy atom. The Morgan fingerprint density at radius 1 is 0.229 bits per heavy atom. The first-order valence-corrected chi connectivity index (χ1v) is 16.4. The van der Waals surface area contributed by atoms with Crippen LogP contribution in [0.3, 0.4) is 0 Å². The van der Waals surface area contributed by atoms with Crippen LogP contribution in [0.15, 0.2) is 167 Å². The van der Waals surface area contributed by atoms with Gasteiger partial charge in [-0.1, -0.05) is 84.9 Å². The Bertz CT molecular complexity index is 2910. The van der Waals surface area contributed by atoms with Crippen LogP contribution in [-0.2, 0) is 0 Å². The van der Waals surface area contributed by atoms with Crippen molar-refractivity contribution in [3.63, 3.8) is 0 Å². The van der Waals surface area contributed by atoms with Crippen LogP contribution < -0.4 is 0 Å². The zero-order valence-electron chi connectivity index (χ0n) is 25.8. The van der Waals surface area contributed by atoms with E-state index in [1.54, 1.807) is 0 Å². The lowest BCUT2D eigenvalue weighted by Crippen LogP contribution is -1.83. The molecule has 0 spiro atoms. The van der Waals surface area contributed by atoms with Gasteiger partial charge in [0.1, 0.15) is 22.3 Å². The standard InChI is InChI=1S/C46H26O2/c1-3-7-29-25-45-41(21-27(29)5-1)39-23-35(13-15-43(39)47-45)31-9-11-33-20-38-18-32(10-12-34(38)19-37(33)17-31)36-14-16-44-40(24-36)42-22-28-6-2-4-8-30(28)26-46(42)48-44/h1-26H. The molecule has 0 aliphatic heterocycles. The van der Waals surface area contributed by atoms with E-state index in [0.717, 1.165) is 43.9 Å². The predicted octanol–water partition coefficient (Wildman–Crippen LogP) is 13.4. The fourth-order valence-electron chi connectivity index (χ4n) is 7.64. The summed E-state index contributed by atoms with van der Waals surface area (Å²) in [6.07, 6.45) is 0. The van der Waals surface area contributed by atoms with Gasteiger partial charge in [0.2, 0.25) is 0 Å². The molecule has 0 aliphatic rings. The summed E-state index contributed by atoms with van der Waals surface area (Å²) in [5.74, 6) is 0. The van der Waals surface area contributed by atoms with Crippen LogP contribution in [0.5, 0.6) is 0 Å².